The summed E-state index contributed by atoms with van der Waals surface area (Å²) in [5.74, 6) is 0.469. The van der Waals surface area contributed by atoms with Gasteiger partial charge in [0.1, 0.15) is 6.33 Å². The summed E-state index contributed by atoms with van der Waals surface area (Å²) in [6.07, 6.45) is 1.41. The minimum absolute atomic E-state index is 0.0160. The number of benzene rings is 2. The molecule has 27 heavy (non-hydrogen) atoms. The maximum absolute atomic E-state index is 10.8. The second-order valence-electron chi connectivity index (χ2n) is 5.70. The molecule has 10 heteroatoms. The topological polar surface area (TPSA) is 112 Å². The molecule has 0 amide bonds. The van der Waals surface area contributed by atoms with Gasteiger partial charge in [-0.3, -0.25) is 10.1 Å². The van der Waals surface area contributed by atoms with Gasteiger partial charge in [0, 0.05) is 22.8 Å². The summed E-state index contributed by atoms with van der Waals surface area (Å²) in [4.78, 5) is 18.8. The number of hydrogen-bond donors (Lipinski definition) is 1. The molecule has 0 unspecified atom stereocenters. The molecule has 9 nitrogen and oxygen atoms in total. The predicted molar refractivity (Wildman–Crippen MR) is 100 cm³/mol. The number of nitro benzene ring substituents is 1. The van der Waals surface area contributed by atoms with Crippen molar-refractivity contribution < 1.29 is 4.92 Å². The molecule has 0 atom stereocenters. The van der Waals surface area contributed by atoms with E-state index in [0.29, 0.717) is 34.2 Å². The number of hydrogen-bond acceptors (Lipinski definition) is 7. The molecule has 4 aromatic rings. The molecular weight excluding hydrogens is 370 g/mol. The van der Waals surface area contributed by atoms with Crippen LogP contribution in [0.4, 0.5) is 17.2 Å². The van der Waals surface area contributed by atoms with E-state index in [1.54, 1.807) is 16.8 Å². The lowest BCUT2D eigenvalue weighted by atomic mass is 10.2. The Morgan fingerprint density at radius 1 is 1.07 bits per heavy atom. The Hall–Kier alpha value is -3.59. The van der Waals surface area contributed by atoms with Crippen LogP contribution in [0.25, 0.3) is 11.2 Å². The zero-order valence-electron chi connectivity index (χ0n) is 13.8. The maximum Gasteiger partial charge on any atom is 0.269 e. The van der Waals surface area contributed by atoms with Crippen LogP contribution in [0.1, 0.15) is 5.56 Å². The number of halogens is 1. The number of anilines is 2. The molecule has 0 radical (unpaired) electrons. The van der Waals surface area contributed by atoms with E-state index in [-0.39, 0.29) is 5.69 Å². The van der Waals surface area contributed by atoms with Crippen LogP contribution in [0, 0.1) is 10.1 Å². The highest BCUT2D eigenvalue weighted by Crippen LogP contribution is 2.23. The second kappa shape index (κ2) is 6.96. The van der Waals surface area contributed by atoms with Gasteiger partial charge in [0.25, 0.3) is 5.69 Å². The lowest BCUT2D eigenvalue weighted by molar-refractivity contribution is -0.384. The summed E-state index contributed by atoms with van der Waals surface area (Å²) in [5, 5.41) is 22.8. The van der Waals surface area contributed by atoms with E-state index in [9.17, 15) is 10.1 Å². The predicted octanol–water partition coefficient (Wildman–Crippen LogP) is 3.57. The van der Waals surface area contributed by atoms with E-state index in [0.717, 1.165) is 5.56 Å². The van der Waals surface area contributed by atoms with E-state index in [1.807, 2.05) is 24.3 Å². The molecule has 0 saturated carbocycles. The molecule has 2 aromatic heterocycles. The molecule has 0 aliphatic rings. The smallest absolute Gasteiger partial charge is 0.269 e. The molecule has 4 rings (SSSR count). The first-order chi connectivity index (χ1) is 13.1. The standard InChI is InChI=1S/C17H12ClN7O2/c18-12-3-1-11(2-4-12)9-24-17-15(22-23-24)16(19-10-20-17)21-13-5-7-14(8-6-13)25(26)27/h1-8,10H,9H2,(H,19,20,21). The molecule has 0 bridgehead atoms. The van der Waals surface area contributed by atoms with Gasteiger partial charge in [-0.15, -0.1) is 5.10 Å². The molecular formula is C17H12ClN7O2. The third kappa shape index (κ3) is 3.53. The Kier molecular flexibility index (Phi) is 4.35. The molecule has 1 N–H and O–H groups in total. The van der Waals surface area contributed by atoms with Gasteiger partial charge in [0.05, 0.1) is 11.5 Å². The summed E-state index contributed by atoms with van der Waals surface area (Å²) in [7, 11) is 0. The molecule has 2 heterocycles. The first-order valence-electron chi connectivity index (χ1n) is 7.90. The summed E-state index contributed by atoms with van der Waals surface area (Å²) in [6, 6.07) is 13.5. The van der Waals surface area contributed by atoms with Crippen molar-refractivity contribution in [3.8, 4) is 0 Å². The highest BCUT2D eigenvalue weighted by molar-refractivity contribution is 6.30. The highest BCUT2D eigenvalue weighted by atomic mass is 35.5. The maximum atomic E-state index is 10.8. The molecule has 0 fully saturated rings. The Morgan fingerprint density at radius 3 is 2.52 bits per heavy atom. The average molecular weight is 382 g/mol. The Bertz CT molecular complexity index is 1110. The van der Waals surface area contributed by atoms with Gasteiger partial charge < -0.3 is 5.32 Å². The lowest BCUT2D eigenvalue weighted by Crippen LogP contribution is -2.03. The Labute approximate surface area is 157 Å². The SMILES string of the molecule is O=[N+]([O-])c1ccc(Nc2ncnc3c2nnn3Cc2ccc(Cl)cc2)cc1. The van der Waals surface area contributed by atoms with Crippen LogP contribution >= 0.6 is 11.6 Å². The molecule has 0 aliphatic carbocycles. The highest BCUT2D eigenvalue weighted by Gasteiger charge is 2.13. The summed E-state index contributed by atoms with van der Waals surface area (Å²) < 4.78 is 1.67. The number of nitrogens with zero attached hydrogens (tertiary/aromatic N) is 6. The Balaban J connectivity index is 1.62. The number of nitrogens with one attached hydrogen (secondary N) is 1. The first-order valence-corrected chi connectivity index (χ1v) is 8.28. The fourth-order valence-corrected chi connectivity index (χ4v) is 2.68. The third-order valence-corrected chi connectivity index (χ3v) is 4.14. The summed E-state index contributed by atoms with van der Waals surface area (Å²) in [5.41, 5.74) is 2.75. The molecule has 0 aliphatic heterocycles. The van der Waals surface area contributed by atoms with Crippen LogP contribution < -0.4 is 5.32 Å². The van der Waals surface area contributed by atoms with Gasteiger partial charge in [0.15, 0.2) is 17.0 Å². The summed E-state index contributed by atoms with van der Waals surface area (Å²) >= 11 is 5.91. The Morgan fingerprint density at radius 2 is 1.81 bits per heavy atom. The van der Waals surface area contributed by atoms with Crippen LogP contribution in [0.3, 0.4) is 0 Å². The van der Waals surface area contributed by atoms with Crippen LogP contribution in [-0.4, -0.2) is 29.9 Å². The van der Waals surface area contributed by atoms with Crippen LogP contribution in [0.5, 0.6) is 0 Å². The molecule has 134 valence electrons. The average Bonchev–Trinajstić information content (AvgIpc) is 3.08. The van der Waals surface area contributed by atoms with E-state index >= 15 is 0 Å². The quantitative estimate of drug-likeness (QED) is 0.415. The zero-order chi connectivity index (χ0) is 18.8. The van der Waals surface area contributed by atoms with Crippen molar-refractivity contribution >= 4 is 40.0 Å². The fraction of sp³-hybridized carbons (Fsp3) is 0.0588. The van der Waals surface area contributed by atoms with Gasteiger partial charge in [0.2, 0.25) is 0 Å². The van der Waals surface area contributed by atoms with Crippen molar-refractivity contribution in [2.45, 2.75) is 6.54 Å². The monoisotopic (exact) mass is 381 g/mol. The van der Waals surface area contributed by atoms with E-state index < -0.39 is 4.92 Å². The normalized spacial score (nSPS) is 10.9. The minimum Gasteiger partial charge on any atom is -0.338 e. The number of nitro groups is 1. The van der Waals surface area contributed by atoms with E-state index in [1.165, 1.54) is 18.5 Å². The van der Waals surface area contributed by atoms with Gasteiger partial charge in [-0.05, 0) is 29.8 Å². The van der Waals surface area contributed by atoms with Crippen LogP contribution in [0.15, 0.2) is 54.9 Å². The minimum atomic E-state index is -0.449. The molecule has 0 spiro atoms. The van der Waals surface area contributed by atoms with Gasteiger partial charge in [-0.1, -0.05) is 28.9 Å². The largest absolute Gasteiger partial charge is 0.338 e. The van der Waals surface area contributed by atoms with Gasteiger partial charge in [-0.25, -0.2) is 14.6 Å². The molecule has 2 aromatic carbocycles. The number of non-ortho nitro benzene ring substituents is 1. The van der Waals surface area contributed by atoms with Crippen molar-refractivity contribution in [2.75, 3.05) is 5.32 Å². The van der Waals surface area contributed by atoms with Crippen LogP contribution in [0.2, 0.25) is 5.02 Å². The van der Waals surface area contributed by atoms with Crippen molar-refractivity contribution in [3.05, 3.63) is 75.6 Å². The van der Waals surface area contributed by atoms with Crippen molar-refractivity contribution in [2.24, 2.45) is 0 Å². The van der Waals surface area contributed by atoms with E-state index in [4.69, 9.17) is 11.6 Å². The van der Waals surface area contributed by atoms with Crippen molar-refractivity contribution in [1.29, 1.82) is 0 Å². The van der Waals surface area contributed by atoms with Gasteiger partial charge in [-0.2, -0.15) is 0 Å². The second-order valence-corrected chi connectivity index (χ2v) is 6.13. The fourth-order valence-electron chi connectivity index (χ4n) is 2.56. The van der Waals surface area contributed by atoms with E-state index in [2.05, 4.69) is 25.6 Å². The summed E-state index contributed by atoms with van der Waals surface area (Å²) in [6.45, 7) is 0.488. The first kappa shape index (κ1) is 16.9. The number of aromatic nitrogens is 5. The van der Waals surface area contributed by atoms with Crippen molar-refractivity contribution in [3.63, 3.8) is 0 Å². The lowest BCUT2D eigenvalue weighted by Gasteiger charge is -2.06. The molecule has 0 saturated heterocycles. The van der Waals surface area contributed by atoms with Crippen LogP contribution in [-0.2, 0) is 6.54 Å². The van der Waals surface area contributed by atoms with Crippen molar-refractivity contribution in [1.82, 2.24) is 25.0 Å². The number of fused-ring (bicyclic) bond motifs is 1. The number of rotatable bonds is 5. The third-order valence-electron chi connectivity index (χ3n) is 3.89. The van der Waals surface area contributed by atoms with Gasteiger partial charge >= 0.3 is 0 Å². The zero-order valence-corrected chi connectivity index (χ0v) is 14.5.